The van der Waals surface area contributed by atoms with Gasteiger partial charge in [-0.25, -0.2) is 0 Å². The molecule has 50 valence electrons. The van der Waals surface area contributed by atoms with E-state index in [0.717, 1.165) is 22.3 Å². The van der Waals surface area contributed by atoms with Crippen molar-refractivity contribution in [2.24, 2.45) is 0 Å². The molecular formula is C5H7IN2O. The van der Waals surface area contributed by atoms with E-state index in [1.807, 2.05) is 6.92 Å². The van der Waals surface area contributed by atoms with Gasteiger partial charge in [0.2, 0.25) is 0 Å². The van der Waals surface area contributed by atoms with Crippen molar-refractivity contribution >= 4 is 22.6 Å². The third-order valence-electron chi connectivity index (χ3n) is 1.09. The van der Waals surface area contributed by atoms with Crippen LogP contribution in [0.4, 0.5) is 0 Å². The number of hydrogen-bond donors (Lipinski definition) is 0. The lowest BCUT2D eigenvalue weighted by atomic mass is 10.3. The number of nitrogens with zero attached hydrogens (tertiary/aromatic N) is 2. The van der Waals surface area contributed by atoms with Crippen LogP contribution in [0.25, 0.3) is 0 Å². The Kier molecular flexibility index (Phi) is 2.44. The highest BCUT2D eigenvalue weighted by Gasteiger charge is 2.04. The summed E-state index contributed by atoms with van der Waals surface area (Å²) in [7, 11) is 0. The van der Waals surface area contributed by atoms with E-state index in [4.69, 9.17) is 4.52 Å². The van der Waals surface area contributed by atoms with Crippen LogP contribution in [0.3, 0.4) is 0 Å². The van der Waals surface area contributed by atoms with Gasteiger partial charge in [-0.1, -0.05) is 29.5 Å². The second-order valence-electron chi connectivity index (χ2n) is 1.63. The minimum absolute atomic E-state index is 0.855. The van der Waals surface area contributed by atoms with E-state index < -0.39 is 0 Å². The van der Waals surface area contributed by atoms with Crippen LogP contribution < -0.4 is 0 Å². The van der Waals surface area contributed by atoms with Crippen molar-refractivity contribution in [1.82, 2.24) is 10.4 Å². The minimum Gasteiger partial charge on any atom is -0.341 e. The van der Waals surface area contributed by atoms with Gasteiger partial charge in [-0.15, -0.1) is 5.10 Å². The number of alkyl halides is 1. The monoisotopic (exact) mass is 238 g/mol. The molecule has 0 amide bonds. The zero-order valence-corrected chi connectivity index (χ0v) is 7.25. The second-order valence-corrected chi connectivity index (χ2v) is 2.39. The molecule has 0 saturated carbocycles. The number of halogens is 1. The van der Waals surface area contributed by atoms with Gasteiger partial charge in [-0.2, -0.15) is 0 Å². The van der Waals surface area contributed by atoms with Crippen LogP contribution in [-0.2, 0) is 10.8 Å². The molecule has 0 radical (unpaired) electrons. The Morgan fingerprint density at radius 3 is 2.89 bits per heavy atom. The average molecular weight is 238 g/mol. The van der Waals surface area contributed by atoms with Gasteiger partial charge in [0, 0.05) is 5.27 Å². The molecule has 0 N–H and O–H groups in total. The maximum atomic E-state index is 4.84. The van der Waals surface area contributed by atoms with Crippen molar-refractivity contribution in [2.45, 2.75) is 17.8 Å². The van der Waals surface area contributed by atoms with E-state index in [-0.39, 0.29) is 0 Å². The van der Waals surface area contributed by atoms with Crippen molar-refractivity contribution in [1.29, 1.82) is 0 Å². The quantitative estimate of drug-likeness (QED) is 0.579. The van der Waals surface area contributed by atoms with E-state index in [2.05, 4.69) is 33.0 Å². The van der Waals surface area contributed by atoms with Gasteiger partial charge in [0.25, 0.3) is 0 Å². The number of hydrogen-bond acceptors (Lipinski definition) is 3. The molecule has 4 heteroatoms. The predicted molar refractivity (Wildman–Crippen MR) is 41.4 cm³/mol. The standard InChI is InChI=1S/C5H7IN2O/c1-2-4-5(3-6)9-8-7-4/h2-3H2,1H3. The normalized spacial score (nSPS) is 10.0. The lowest BCUT2D eigenvalue weighted by Crippen LogP contribution is -1.84. The van der Waals surface area contributed by atoms with E-state index in [1.165, 1.54) is 0 Å². The van der Waals surface area contributed by atoms with Gasteiger partial charge in [0.15, 0.2) is 5.76 Å². The van der Waals surface area contributed by atoms with Crippen LogP contribution in [0.15, 0.2) is 4.52 Å². The fraction of sp³-hybridized carbons (Fsp3) is 0.600. The molecule has 0 saturated heterocycles. The van der Waals surface area contributed by atoms with Crippen LogP contribution >= 0.6 is 22.6 Å². The average Bonchev–Trinajstić information content (AvgIpc) is 2.33. The summed E-state index contributed by atoms with van der Waals surface area (Å²) in [6, 6.07) is 0. The fourth-order valence-electron chi connectivity index (χ4n) is 0.597. The second kappa shape index (κ2) is 3.14. The number of aromatic nitrogens is 2. The summed E-state index contributed by atoms with van der Waals surface area (Å²) in [4.78, 5) is 0. The van der Waals surface area contributed by atoms with Crippen LogP contribution in [0.5, 0.6) is 0 Å². The van der Waals surface area contributed by atoms with Crippen molar-refractivity contribution in [3.63, 3.8) is 0 Å². The molecule has 0 aliphatic carbocycles. The first kappa shape index (κ1) is 6.98. The summed E-state index contributed by atoms with van der Waals surface area (Å²) in [5.41, 5.74) is 0.976. The van der Waals surface area contributed by atoms with Crippen LogP contribution in [0.1, 0.15) is 18.4 Å². The zero-order valence-electron chi connectivity index (χ0n) is 5.09. The van der Waals surface area contributed by atoms with E-state index in [0.29, 0.717) is 0 Å². The fourth-order valence-corrected chi connectivity index (χ4v) is 1.18. The molecular weight excluding hydrogens is 231 g/mol. The molecule has 3 nitrogen and oxygen atoms in total. The van der Waals surface area contributed by atoms with E-state index >= 15 is 0 Å². The van der Waals surface area contributed by atoms with Gasteiger partial charge in [0.05, 0.1) is 4.43 Å². The molecule has 0 spiro atoms. The number of rotatable bonds is 2. The highest BCUT2D eigenvalue weighted by molar-refractivity contribution is 14.1. The Morgan fingerprint density at radius 2 is 2.44 bits per heavy atom. The summed E-state index contributed by atoms with van der Waals surface area (Å²) < 4.78 is 5.69. The van der Waals surface area contributed by atoms with Crippen molar-refractivity contribution in [3.8, 4) is 0 Å². The first-order valence-corrected chi connectivity index (χ1v) is 4.27. The smallest absolute Gasteiger partial charge is 0.170 e. The number of aryl methyl sites for hydroxylation is 1. The zero-order chi connectivity index (χ0) is 6.69. The maximum absolute atomic E-state index is 4.84. The highest BCUT2D eigenvalue weighted by atomic mass is 127. The molecule has 0 aliphatic rings. The van der Waals surface area contributed by atoms with Crippen LogP contribution in [0, 0.1) is 0 Å². The van der Waals surface area contributed by atoms with Crippen molar-refractivity contribution in [3.05, 3.63) is 11.5 Å². The van der Waals surface area contributed by atoms with Gasteiger partial charge in [0.1, 0.15) is 5.69 Å². The van der Waals surface area contributed by atoms with Gasteiger partial charge in [-0.3, -0.25) is 0 Å². The van der Waals surface area contributed by atoms with Gasteiger partial charge >= 0.3 is 0 Å². The summed E-state index contributed by atoms with van der Waals surface area (Å²) >= 11 is 2.23. The molecule has 1 aromatic heterocycles. The summed E-state index contributed by atoms with van der Waals surface area (Å²) in [6.07, 6.45) is 0.905. The SMILES string of the molecule is CCc1nnoc1CI. The Morgan fingerprint density at radius 1 is 1.67 bits per heavy atom. The summed E-state index contributed by atoms with van der Waals surface area (Å²) in [6.45, 7) is 2.04. The Bertz CT molecular complexity index is 168. The first-order chi connectivity index (χ1) is 4.38. The first-order valence-electron chi connectivity index (χ1n) is 2.74. The Labute approximate surface area is 66.9 Å². The third-order valence-corrected chi connectivity index (χ3v) is 1.78. The van der Waals surface area contributed by atoms with Crippen LogP contribution in [-0.4, -0.2) is 10.4 Å². The van der Waals surface area contributed by atoms with E-state index in [9.17, 15) is 0 Å². The lowest BCUT2D eigenvalue weighted by Gasteiger charge is -1.85. The summed E-state index contributed by atoms with van der Waals surface area (Å²) in [5.74, 6) is 0.901. The van der Waals surface area contributed by atoms with Gasteiger partial charge < -0.3 is 4.52 Å². The molecule has 0 bridgehead atoms. The highest BCUT2D eigenvalue weighted by Crippen LogP contribution is 2.08. The van der Waals surface area contributed by atoms with E-state index in [1.54, 1.807) is 0 Å². The Balaban J connectivity index is 2.85. The molecule has 0 atom stereocenters. The lowest BCUT2D eigenvalue weighted by molar-refractivity contribution is 0.373. The Hall–Kier alpha value is -0.130. The van der Waals surface area contributed by atoms with Crippen LogP contribution in [0.2, 0.25) is 0 Å². The topological polar surface area (TPSA) is 38.9 Å². The molecule has 0 fully saturated rings. The molecule has 0 aliphatic heterocycles. The minimum atomic E-state index is 0.855. The molecule has 0 aromatic carbocycles. The largest absolute Gasteiger partial charge is 0.341 e. The predicted octanol–water partition coefficient (Wildman–Crippen LogP) is 1.57. The van der Waals surface area contributed by atoms with Crippen molar-refractivity contribution in [2.75, 3.05) is 0 Å². The molecule has 0 unspecified atom stereocenters. The third kappa shape index (κ3) is 1.41. The summed E-state index contributed by atoms with van der Waals surface area (Å²) in [5, 5.41) is 7.22. The maximum Gasteiger partial charge on any atom is 0.170 e. The molecule has 1 aromatic rings. The molecule has 1 rings (SSSR count). The van der Waals surface area contributed by atoms with Gasteiger partial charge in [-0.05, 0) is 6.42 Å². The molecule has 9 heavy (non-hydrogen) atoms. The van der Waals surface area contributed by atoms with Crippen molar-refractivity contribution < 1.29 is 4.52 Å². The molecule has 1 heterocycles.